The number of urea groups is 1. The van der Waals surface area contributed by atoms with Crippen molar-refractivity contribution in [1.82, 2.24) is 15.5 Å². The molecular weight excluding hydrogens is 338 g/mol. The Morgan fingerprint density at radius 1 is 0.593 bits per heavy atom. The van der Waals surface area contributed by atoms with Crippen LogP contribution in [0.1, 0.15) is 96.3 Å². The summed E-state index contributed by atoms with van der Waals surface area (Å²) in [6.45, 7) is 1.42. The molecule has 3 rings (SSSR count). The highest BCUT2D eigenvalue weighted by atomic mass is 16.2. The number of rotatable bonds is 3. The van der Waals surface area contributed by atoms with Crippen LogP contribution in [0.5, 0.6) is 0 Å². The van der Waals surface area contributed by atoms with E-state index in [9.17, 15) is 9.59 Å². The minimum Gasteiger partial charge on any atom is -0.353 e. The van der Waals surface area contributed by atoms with E-state index in [4.69, 9.17) is 0 Å². The minimum atomic E-state index is 0.0654. The first kappa shape index (κ1) is 20.5. The molecule has 5 nitrogen and oxygen atoms in total. The van der Waals surface area contributed by atoms with Crippen molar-refractivity contribution >= 4 is 11.9 Å². The van der Waals surface area contributed by atoms with Gasteiger partial charge in [0.15, 0.2) is 0 Å². The van der Waals surface area contributed by atoms with Crippen molar-refractivity contribution in [2.24, 2.45) is 5.92 Å². The molecule has 0 aromatic heterocycles. The Labute approximate surface area is 165 Å². The zero-order valence-electron chi connectivity index (χ0n) is 17.0. The third-order valence-corrected chi connectivity index (χ3v) is 6.51. The molecule has 1 heterocycles. The molecule has 1 saturated heterocycles. The van der Waals surface area contributed by atoms with Crippen LogP contribution in [0.4, 0.5) is 4.79 Å². The number of nitrogens with zero attached hydrogens (tertiary/aromatic N) is 1. The van der Waals surface area contributed by atoms with E-state index in [1.807, 2.05) is 4.90 Å². The van der Waals surface area contributed by atoms with E-state index in [-0.39, 0.29) is 17.9 Å². The predicted molar refractivity (Wildman–Crippen MR) is 109 cm³/mol. The Morgan fingerprint density at radius 3 is 1.59 bits per heavy atom. The summed E-state index contributed by atoms with van der Waals surface area (Å²) >= 11 is 0. The van der Waals surface area contributed by atoms with Gasteiger partial charge in [0.2, 0.25) is 5.91 Å². The molecule has 154 valence electrons. The molecule has 5 heteroatoms. The van der Waals surface area contributed by atoms with E-state index in [1.54, 1.807) is 0 Å². The van der Waals surface area contributed by atoms with Crippen LogP contribution in [0.25, 0.3) is 0 Å². The molecule has 3 fully saturated rings. The summed E-state index contributed by atoms with van der Waals surface area (Å²) in [6.07, 6.45) is 18.1. The molecule has 27 heavy (non-hydrogen) atoms. The van der Waals surface area contributed by atoms with E-state index < -0.39 is 0 Å². The largest absolute Gasteiger partial charge is 0.353 e. The minimum absolute atomic E-state index is 0.0654. The van der Waals surface area contributed by atoms with Gasteiger partial charge in [-0.3, -0.25) is 4.79 Å². The van der Waals surface area contributed by atoms with E-state index >= 15 is 0 Å². The van der Waals surface area contributed by atoms with Crippen molar-refractivity contribution in [2.75, 3.05) is 13.1 Å². The molecule has 0 unspecified atom stereocenters. The van der Waals surface area contributed by atoms with Crippen molar-refractivity contribution in [3.05, 3.63) is 0 Å². The van der Waals surface area contributed by atoms with Crippen LogP contribution < -0.4 is 10.6 Å². The maximum absolute atomic E-state index is 12.8. The van der Waals surface area contributed by atoms with E-state index in [0.29, 0.717) is 25.2 Å². The van der Waals surface area contributed by atoms with Crippen LogP contribution in [0, 0.1) is 5.92 Å². The van der Waals surface area contributed by atoms with Crippen LogP contribution in [-0.2, 0) is 4.79 Å². The first-order valence-electron chi connectivity index (χ1n) is 11.6. The molecule has 1 aliphatic heterocycles. The number of likely N-dealkylation sites (tertiary alicyclic amines) is 1. The van der Waals surface area contributed by atoms with Gasteiger partial charge in [0.1, 0.15) is 0 Å². The Balaban J connectivity index is 1.39. The molecule has 2 aliphatic carbocycles. The molecule has 2 N–H and O–H groups in total. The SMILES string of the molecule is O=C(NC1CCCCCCCCCCC1)C1CCN(C(=O)NC2CC2)CC1. The molecule has 3 amide bonds. The Kier molecular flexibility index (Phi) is 8.28. The second-order valence-electron chi connectivity index (χ2n) is 8.95. The van der Waals surface area contributed by atoms with E-state index in [1.165, 1.54) is 57.8 Å². The summed E-state index contributed by atoms with van der Waals surface area (Å²) in [4.78, 5) is 26.8. The van der Waals surface area contributed by atoms with E-state index in [2.05, 4.69) is 10.6 Å². The van der Waals surface area contributed by atoms with Gasteiger partial charge in [-0.05, 0) is 38.5 Å². The number of amides is 3. The van der Waals surface area contributed by atoms with Gasteiger partial charge in [-0.2, -0.15) is 0 Å². The standard InChI is InChI=1S/C22H39N3O2/c26-21(18-14-16-25(17-15-18)22(27)24-20-12-13-20)23-19-10-8-6-4-2-1-3-5-7-9-11-19/h18-20H,1-17H2,(H,23,26)(H,24,27). The number of carbonyl (C=O) groups is 2. The fourth-order valence-electron chi connectivity index (χ4n) is 4.46. The summed E-state index contributed by atoms with van der Waals surface area (Å²) in [7, 11) is 0. The highest BCUT2D eigenvalue weighted by Crippen LogP contribution is 2.22. The quantitative estimate of drug-likeness (QED) is 0.767. The lowest BCUT2D eigenvalue weighted by Crippen LogP contribution is -2.48. The van der Waals surface area contributed by atoms with Crippen LogP contribution in [-0.4, -0.2) is 42.0 Å². The van der Waals surface area contributed by atoms with Crippen LogP contribution >= 0.6 is 0 Å². The molecule has 0 atom stereocenters. The van der Waals surface area contributed by atoms with Crippen molar-refractivity contribution in [3.63, 3.8) is 0 Å². The van der Waals surface area contributed by atoms with Crippen LogP contribution in [0.2, 0.25) is 0 Å². The van der Waals surface area contributed by atoms with Gasteiger partial charge in [-0.25, -0.2) is 4.79 Å². The lowest BCUT2D eigenvalue weighted by Gasteiger charge is -2.32. The number of hydrogen-bond donors (Lipinski definition) is 2. The number of piperidine rings is 1. The summed E-state index contributed by atoms with van der Waals surface area (Å²) < 4.78 is 0. The zero-order valence-corrected chi connectivity index (χ0v) is 17.0. The van der Waals surface area contributed by atoms with Gasteiger partial charge in [0.25, 0.3) is 0 Å². The van der Waals surface area contributed by atoms with Gasteiger partial charge < -0.3 is 15.5 Å². The molecule has 0 spiro atoms. The number of hydrogen-bond acceptors (Lipinski definition) is 2. The lowest BCUT2D eigenvalue weighted by molar-refractivity contribution is -0.127. The second-order valence-corrected chi connectivity index (χ2v) is 8.95. The molecular formula is C22H39N3O2. The second kappa shape index (κ2) is 10.9. The summed E-state index contributed by atoms with van der Waals surface area (Å²) in [6, 6.07) is 0.823. The van der Waals surface area contributed by atoms with Gasteiger partial charge >= 0.3 is 6.03 Å². The van der Waals surface area contributed by atoms with Gasteiger partial charge in [-0.15, -0.1) is 0 Å². The maximum atomic E-state index is 12.8. The molecule has 0 aromatic rings. The lowest BCUT2D eigenvalue weighted by atomic mass is 9.94. The number of carbonyl (C=O) groups excluding carboxylic acids is 2. The molecule has 0 bridgehead atoms. The average Bonchev–Trinajstić information content (AvgIpc) is 3.48. The third kappa shape index (κ3) is 7.34. The van der Waals surface area contributed by atoms with Gasteiger partial charge in [0.05, 0.1) is 0 Å². The van der Waals surface area contributed by atoms with Crippen molar-refractivity contribution in [1.29, 1.82) is 0 Å². The van der Waals surface area contributed by atoms with Crippen LogP contribution in [0.3, 0.4) is 0 Å². The highest BCUT2D eigenvalue weighted by Gasteiger charge is 2.31. The van der Waals surface area contributed by atoms with Gasteiger partial charge in [-0.1, -0.05) is 57.8 Å². The number of nitrogens with one attached hydrogen (secondary N) is 2. The molecule has 2 saturated carbocycles. The summed E-state index contributed by atoms with van der Waals surface area (Å²) in [5.74, 6) is 0.311. The summed E-state index contributed by atoms with van der Waals surface area (Å²) in [5.41, 5.74) is 0. The topological polar surface area (TPSA) is 61.4 Å². The third-order valence-electron chi connectivity index (χ3n) is 6.51. The average molecular weight is 378 g/mol. The molecule has 0 aromatic carbocycles. The van der Waals surface area contributed by atoms with Crippen molar-refractivity contribution in [3.8, 4) is 0 Å². The molecule has 0 radical (unpaired) electrons. The Bertz CT molecular complexity index is 458. The smallest absolute Gasteiger partial charge is 0.317 e. The summed E-state index contributed by atoms with van der Waals surface area (Å²) in [5, 5.41) is 6.42. The monoisotopic (exact) mass is 377 g/mol. The Hall–Kier alpha value is -1.26. The van der Waals surface area contributed by atoms with Gasteiger partial charge in [0, 0.05) is 31.1 Å². The maximum Gasteiger partial charge on any atom is 0.317 e. The zero-order chi connectivity index (χ0) is 18.9. The van der Waals surface area contributed by atoms with Crippen LogP contribution in [0.15, 0.2) is 0 Å². The first-order chi connectivity index (χ1) is 13.2. The molecule has 3 aliphatic rings. The predicted octanol–water partition coefficient (Wildman–Crippen LogP) is 4.36. The van der Waals surface area contributed by atoms with E-state index in [0.717, 1.165) is 38.5 Å². The fraction of sp³-hybridized carbons (Fsp3) is 0.909. The normalized spacial score (nSPS) is 24.5. The van der Waals surface area contributed by atoms with Crippen molar-refractivity contribution < 1.29 is 9.59 Å². The highest BCUT2D eigenvalue weighted by molar-refractivity contribution is 5.80. The fourth-order valence-corrected chi connectivity index (χ4v) is 4.46. The first-order valence-corrected chi connectivity index (χ1v) is 11.6. The van der Waals surface area contributed by atoms with Crippen molar-refractivity contribution in [2.45, 2.75) is 108 Å². The Morgan fingerprint density at radius 2 is 1.07 bits per heavy atom.